The first kappa shape index (κ1) is 23.5. The maximum Gasteiger partial charge on any atom is 0.390 e. The van der Waals surface area contributed by atoms with Crippen LogP contribution in [0, 0.1) is 0 Å². The number of halogens is 4. The summed E-state index contributed by atoms with van der Waals surface area (Å²) >= 11 is 1.60. The summed E-state index contributed by atoms with van der Waals surface area (Å²) < 4.78 is 41.9. The first-order valence-electron chi connectivity index (χ1n) is 8.23. The Kier molecular flexibility index (Phi) is 9.92. The number of hydrogen-bond donors (Lipinski definition) is 2. The van der Waals surface area contributed by atoms with E-state index in [1.54, 1.807) is 18.4 Å². The van der Waals surface area contributed by atoms with Gasteiger partial charge in [0.05, 0.1) is 20.1 Å². The predicted molar refractivity (Wildman–Crippen MR) is 115 cm³/mol. The van der Waals surface area contributed by atoms with Gasteiger partial charge in [0, 0.05) is 22.8 Å². The van der Waals surface area contributed by atoms with Crippen LogP contribution < -0.4 is 15.4 Å². The van der Waals surface area contributed by atoms with Crippen LogP contribution in [-0.4, -0.2) is 32.3 Å². The molecule has 2 N–H and O–H groups in total. The Hall–Kier alpha value is -1.49. The summed E-state index contributed by atoms with van der Waals surface area (Å²) in [6, 6.07) is 11.8. The van der Waals surface area contributed by atoms with Crippen molar-refractivity contribution in [3.63, 3.8) is 0 Å². The monoisotopic (exact) mass is 513 g/mol. The SMILES string of the molecule is CCNC(=NCc1ccc(-c2ccc(OC)cc2)s1)NCCC(F)(F)F.I. The van der Waals surface area contributed by atoms with Gasteiger partial charge in [0.25, 0.3) is 0 Å². The van der Waals surface area contributed by atoms with Crippen molar-refractivity contribution in [3.8, 4) is 16.2 Å². The molecule has 150 valence electrons. The Morgan fingerprint density at radius 2 is 1.81 bits per heavy atom. The summed E-state index contributed by atoms with van der Waals surface area (Å²) in [4.78, 5) is 6.49. The van der Waals surface area contributed by atoms with E-state index in [1.807, 2.05) is 43.3 Å². The molecule has 0 saturated carbocycles. The quantitative estimate of drug-likeness (QED) is 0.310. The molecule has 0 radical (unpaired) electrons. The Morgan fingerprint density at radius 3 is 2.41 bits per heavy atom. The number of ether oxygens (including phenoxy) is 1. The number of methoxy groups -OCH3 is 1. The largest absolute Gasteiger partial charge is 0.497 e. The van der Waals surface area contributed by atoms with Crippen molar-refractivity contribution < 1.29 is 17.9 Å². The molecule has 0 aliphatic rings. The van der Waals surface area contributed by atoms with Crippen molar-refractivity contribution in [2.45, 2.75) is 26.1 Å². The van der Waals surface area contributed by atoms with Gasteiger partial charge >= 0.3 is 6.18 Å². The van der Waals surface area contributed by atoms with Gasteiger partial charge in [0.1, 0.15) is 5.75 Å². The van der Waals surface area contributed by atoms with E-state index in [0.717, 1.165) is 21.1 Å². The van der Waals surface area contributed by atoms with Gasteiger partial charge in [-0.1, -0.05) is 0 Å². The predicted octanol–water partition coefficient (Wildman–Crippen LogP) is 5.05. The van der Waals surface area contributed by atoms with Crippen LogP contribution in [-0.2, 0) is 6.54 Å². The average Bonchev–Trinajstić information content (AvgIpc) is 3.07. The standard InChI is InChI=1S/C18H22F3N3OS.HI/c1-3-22-17(23-11-10-18(19,20)21)24-12-15-8-9-16(26-15)13-4-6-14(25-2)7-5-13;/h4-9H,3,10-12H2,1-2H3,(H2,22,23,24);1H. The minimum Gasteiger partial charge on any atom is -0.497 e. The molecule has 0 bridgehead atoms. The lowest BCUT2D eigenvalue weighted by Gasteiger charge is -2.12. The molecule has 1 aromatic heterocycles. The maximum atomic E-state index is 12.2. The number of nitrogens with one attached hydrogen (secondary N) is 2. The van der Waals surface area contributed by atoms with Crippen LogP contribution in [0.5, 0.6) is 5.75 Å². The van der Waals surface area contributed by atoms with Crippen LogP contribution in [0.1, 0.15) is 18.2 Å². The van der Waals surface area contributed by atoms with Crippen molar-refractivity contribution >= 4 is 41.3 Å². The molecule has 27 heavy (non-hydrogen) atoms. The summed E-state index contributed by atoms with van der Waals surface area (Å²) in [6.45, 7) is 2.66. The summed E-state index contributed by atoms with van der Waals surface area (Å²) in [5.74, 6) is 1.19. The number of benzene rings is 1. The highest BCUT2D eigenvalue weighted by molar-refractivity contribution is 14.0. The van der Waals surface area contributed by atoms with E-state index in [-0.39, 0.29) is 30.5 Å². The molecular weight excluding hydrogens is 490 g/mol. The minimum absolute atomic E-state index is 0. The maximum absolute atomic E-state index is 12.2. The zero-order valence-corrected chi connectivity index (χ0v) is 18.2. The molecule has 0 aliphatic heterocycles. The number of aliphatic imine (C=N–C) groups is 1. The van der Waals surface area contributed by atoms with Crippen LogP contribution in [0.25, 0.3) is 10.4 Å². The highest BCUT2D eigenvalue weighted by Gasteiger charge is 2.26. The molecule has 2 aromatic rings. The van der Waals surface area contributed by atoms with E-state index < -0.39 is 12.6 Å². The van der Waals surface area contributed by atoms with E-state index >= 15 is 0 Å². The van der Waals surface area contributed by atoms with Gasteiger partial charge in [0.15, 0.2) is 5.96 Å². The molecule has 0 atom stereocenters. The summed E-state index contributed by atoms with van der Waals surface area (Å²) in [5.41, 5.74) is 1.08. The lowest BCUT2D eigenvalue weighted by Crippen LogP contribution is -2.38. The Bertz CT molecular complexity index is 717. The molecule has 2 rings (SSSR count). The molecule has 1 aromatic carbocycles. The third kappa shape index (κ3) is 8.37. The fourth-order valence-electron chi connectivity index (χ4n) is 2.19. The first-order chi connectivity index (χ1) is 12.4. The average molecular weight is 513 g/mol. The zero-order valence-electron chi connectivity index (χ0n) is 15.1. The third-order valence-electron chi connectivity index (χ3n) is 3.47. The van der Waals surface area contributed by atoms with Gasteiger partial charge in [-0.15, -0.1) is 35.3 Å². The molecule has 4 nitrogen and oxygen atoms in total. The van der Waals surface area contributed by atoms with Crippen molar-refractivity contribution in [2.75, 3.05) is 20.2 Å². The normalized spacial score (nSPS) is 11.7. The summed E-state index contributed by atoms with van der Waals surface area (Å²) in [5, 5.41) is 5.66. The lowest BCUT2D eigenvalue weighted by atomic mass is 10.2. The fraction of sp³-hybridized carbons (Fsp3) is 0.389. The molecule has 9 heteroatoms. The third-order valence-corrected chi connectivity index (χ3v) is 4.59. The summed E-state index contributed by atoms with van der Waals surface area (Å²) in [6.07, 6.45) is -5.07. The van der Waals surface area contributed by atoms with Crippen LogP contribution >= 0.6 is 35.3 Å². The van der Waals surface area contributed by atoms with Crippen LogP contribution in [0.15, 0.2) is 41.4 Å². The van der Waals surface area contributed by atoms with Crippen LogP contribution in [0.4, 0.5) is 13.2 Å². The smallest absolute Gasteiger partial charge is 0.390 e. The second-order valence-corrected chi connectivity index (χ2v) is 6.65. The molecule has 0 saturated heterocycles. The molecular formula is C18H23F3IN3OS. The first-order valence-corrected chi connectivity index (χ1v) is 9.05. The minimum atomic E-state index is -4.18. The fourth-order valence-corrected chi connectivity index (χ4v) is 3.13. The highest BCUT2D eigenvalue weighted by atomic mass is 127. The lowest BCUT2D eigenvalue weighted by molar-refractivity contribution is -0.132. The van der Waals surface area contributed by atoms with E-state index in [4.69, 9.17) is 4.74 Å². The van der Waals surface area contributed by atoms with Gasteiger partial charge in [-0.2, -0.15) is 13.2 Å². The molecule has 0 amide bonds. The number of alkyl halides is 3. The van der Waals surface area contributed by atoms with E-state index in [9.17, 15) is 13.2 Å². The van der Waals surface area contributed by atoms with Crippen molar-refractivity contribution in [2.24, 2.45) is 4.99 Å². The topological polar surface area (TPSA) is 45.7 Å². The second-order valence-electron chi connectivity index (χ2n) is 5.48. The molecule has 1 heterocycles. The molecule has 0 unspecified atom stereocenters. The van der Waals surface area contributed by atoms with E-state index in [1.165, 1.54) is 0 Å². The highest BCUT2D eigenvalue weighted by Crippen LogP contribution is 2.29. The Balaban J connectivity index is 0.00000364. The van der Waals surface area contributed by atoms with Gasteiger partial charge in [0.2, 0.25) is 0 Å². The van der Waals surface area contributed by atoms with Crippen LogP contribution in [0.3, 0.4) is 0 Å². The molecule has 0 spiro atoms. The Labute approximate surface area is 178 Å². The Morgan fingerprint density at radius 1 is 1.11 bits per heavy atom. The molecule has 0 fully saturated rings. The van der Waals surface area contributed by atoms with Crippen LogP contribution in [0.2, 0.25) is 0 Å². The van der Waals surface area contributed by atoms with E-state index in [0.29, 0.717) is 19.0 Å². The number of hydrogen-bond acceptors (Lipinski definition) is 3. The van der Waals surface area contributed by atoms with Gasteiger partial charge < -0.3 is 15.4 Å². The van der Waals surface area contributed by atoms with Gasteiger partial charge in [-0.05, 0) is 48.9 Å². The number of guanidine groups is 1. The van der Waals surface area contributed by atoms with Crippen molar-refractivity contribution in [3.05, 3.63) is 41.3 Å². The number of nitrogens with zero attached hydrogens (tertiary/aromatic N) is 1. The van der Waals surface area contributed by atoms with E-state index in [2.05, 4.69) is 15.6 Å². The van der Waals surface area contributed by atoms with Gasteiger partial charge in [-0.25, -0.2) is 4.99 Å². The number of thiophene rings is 1. The molecule has 0 aliphatic carbocycles. The zero-order chi connectivity index (χ0) is 19.0. The van der Waals surface area contributed by atoms with Gasteiger partial charge in [-0.3, -0.25) is 0 Å². The number of rotatable bonds is 7. The second kappa shape index (κ2) is 11.4. The van der Waals surface area contributed by atoms with Crippen molar-refractivity contribution in [1.82, 2.24) is 10.6 Å². The van der Waals surface area contributed by atoms with Crippen molar-refractivity contribution in [1.29, 1.82) is 0 Å². The summed E-state index contributed by atoms with van der Waals surface area (Å²) in [7, 11) is 1.63.